The van der Waals surface area contributed by atoms with Crippen LogP contribution in [0.2, 0.25) is 0 Å². The molecule has 7 nitrogen and oxygen atoms in total. The summed E-state index contributed by atoms with van der Waals surface area (Å²) in [7, 11) is 0. The van der Waals surface area contributed by atoms with Gasteiger partial charge in [0.05, 0.1) is 16.7 Å². The Morgan fingerprint density at radius 2 is 1.93 bits per heavy atom. The Morgan fingerprint density at radius 3 is 2.73 bits per heavy atom. The number of likely N-dealkylation sites (tertiary alicyclic amines) is 1. The number of fused-ring (bicyclic) bond motifs is 1. The zero-order valence-electron chi connectivity index (χ0n) is 22.6. The second kappa shape index (κ2) is 11.4. The summed E-state index contributed by atoms with van der Waals surface area (Å²) in [5, 5.41) is 10.5. The molecule has 0 radical (unpaired) electrons. The molecule has 0 unspecified atom stereocenters. The van der Waals surface area contributed by atoms with Gasteiger partial charge in [0.15, 0.2) is 0 Å². The van der Waals surface area contributed by atoms with Gasteiger partial charge in [-0.25, -0.2) is 14.4 Å². The van der Waals surface area contributed by atoms with Gasteiger partial charge in [-0.3, -0.25) is 10.1 Å². The van der Waals surface area contributed by atoms with E-state index in [4.69, 9.17) is 0 Å². The Hall–Kier alpha value is -4.43. The van der Waals surface area contributed by atoms with Crippen LogP contribution in [0.3, 0.4) is 0 Å². The summed E-state index contributed by atoms with van der Waals surface area (Å²) in [6.45, 7) is 9.60. The van der Waals surface area contributed by atoms with Crippen molar-refractivity contribution in [2.45, 2.75) is 32.6 Å². The number of H-pyrrole nitrogens is 2. The first-order valence-corrected chi connectivity index (χ1v) is 13.8. The lowest BCUT2D eigenvalue weighted by atomic mass is 10.0. The van der Waals surface area contributed by atoms with Crippen molar-refractivity contribution in [3.05, 3.63) is 89.3 Å². The topological polar surface area (TPSA) is 86.4 Å². The summed E-state index contributed by atoms with van der Waals surface area (Å²) in [5.74, 6) is -0.237. The normalized spacial score (nSPS) is 14.9. The first-order valence-electron chi connectivity index (χ1n) is 13.8. The molecule has 8 heteroatoms. The highest BCUT2D eigenvalue weighted by Gasteiger charge is 2.15. The van der Waals surface area contributed by atoms with E-state index >= 15 is 0 Å². The minimum absolute atomic E-state index is 0.237. The number of nitrogens with one attached hydrogen (secondary N) is 2. The van der Waals surface area contributed by atoms with E-state index < -0.39 is 0 Å². The number of halogens is 1. The number of allylic oxidation sites excluding steroid dienone is 1. The van der Waals surface area contributed by atoms with E-state index in [1.807, 2.05) is 31.2 Å². The van der Waals surface area contributed by atoms with Crippen molar-refractivity contribution >= 4 is 28.6 Å². The van der Waals surface area contributed by atoms with E-state index in [1.54, 1.807) is 30.7 Å². The van der Waals surface area contributed by atoms with Crippen LogP contribution < -0.4 is 10.6 Å². The predicted octanol–water partition coefficient (Wildman–Crippen LogP) is 4.87. The highest BCUT2D eigenvalue weighted by Crippen LogP contribution is 2.31. The van der Waals surface area contributed by atoms with Gasteiger partial charge >= 0.3 is 0 Å². The Kier molecular flexibility index (Phi) is 7.33. The summed E-state index contributed by atoms with van der Waals surface area (Å²) in [6, 6.07) is 9.27. The van der Waals surface area contributed by atoms with E-state index in [9.17, 15) is 4.39 Å². The van der Waals surface area contributed by atoms with Crippen LogP contribution in [-0.4, -0.2) is 54.7 Å². The van der Waals surface area contributed by atoms with Gasteiger partial charge in [0, 0.05) is 45.8 Å². The van der Waals surface area contributed by atoms with Crippen LogP contribution in [0.1, 0.15) is 37.3 Å². The number of aryl methyl sites for hydroxylation is 1. The van der Waals surface area contributed by atoms with Crippen molar-refractivity contribution in [3.8, 4) is 22.6 Å². The molecule has 0 bridgehead atoms. The minimum atomic E-state index is -0.237. The Balaban J connectivity index is 1.35. The Bertz CT molecular complexity index is 1780. The first kappa shape index (κ1) is 25.8. The molecule has 0 atom stereocenters. The second-order valence-electron chi connectivity index (χ2n) is 10.3. The molecule has 0 saturated carbocycles. The third-order valence-electron chi connectivity index (χ3n) is 7.54. The van der Waals surface area contributed by atoms with Gasteiger partial charge in [0.1, 0.15) is 17.8 Å². The molecular weight excluding hydrogens is 501 g/mol. The van der Waals surface area contributed by atoms with Crippen molar-refractivity contribution in [3.63, 3.8) is 0 Å². The standard InChI is InChI=1S/C32H32FN7/c1-3-28-26(13-21(2)24-18-34-20-35-19-24)32(39-38-28)30-17-27-29(37-30)8-9-36-31(27)23-14-22(15-25(33)16-23)7-6-12-40-10-4-5-11-40/h3,8-9,13-20,37-38H,2,4-7,10-12H2,1H3/b26-13+,28-3+. The molecule has 1 aliphatic heterocycles. The average Bonchev–Trinajstić information content (AvgIpc) is 3.73. The van der Waals surface area contributed by atoms with Gasteiger partial charge in [-0.1, -0.05) is 12.7 Å². The quantitative estimate of drug-likeness (QED) is 0.297. The third kappa shape index (κ3) is 5.35. The van der Waals surface area contributed by atoms with Crippen LogP contribution in [-0.2, 0) is 6.42 Å². The van der Waals surface area contributed by atoms with Gasteiger partial charge in [-0.2, -0.15) is 5.10 Å². The van der Waals surface area contributed by atoms with Crippen molar-refractivity contribution < 1.29 is 4.39 Å². The van der Waals surface area contributed by atoms with Crippen molar-refractivity contribution in [2.24, 2.45) is 0 Å². The molecule has 5 aromatic rings. The number of hydrogen-bond donors (Lipinski definition) is 2. The molecule has 40 heavy (non-hydrogen) atoms. The molecule has 1 aromatic carbocycles. The number of benzene rings is 1. The summed E-state index contributed by atoms with van der Waals surface area (Å²) in [6.07, 6.45) is 15.1. The Labute approximate surface area is 232 Å². The number of pyridine rings is 1. The number of nitrogens with zero attached hydrogens (tertiary/aromatic N) is 5. The predicted molar refractivity (Wildman–Crippen MR) is 158 cm³/mol. The van der Waals surface area contributed by atoms with Gasteiger partial charge in [0.25, 0.3) is 0 Å². The number of aromatic amines is 2. The van der Waals surface area contributed by atoms with Crippen LogP contribution in [0, 0.1) is 5.82 Å². The van der Waals surface area contributed by atoms with Crippen LogP contribution >= 0.6 is 0 Å². The van der Waals surface area contributed by atoms with Crippen LogP contribution in [0.25, 0.3) is 51.3 Å². The van der Waals surface area contributed by atoms with Crippen molar-refractivity contribution in [2.75, 3.05) is 19.6 Å². The lowest BCUT2D eigenvalue weighted by Gasteiger charge is -2.14. The SMILES string of the molecule is C=C(/C=c1/c(-c2cc3c(-c4cc(F)cc(CCCN5CCCC5)c4)nccc3[nH]2)n[nH]/c1=C/C)c1cncnc1. The molecule has 202 valence electrons. The maximum Gasteiger partial charge on any atom is 0.124 e. The van der Waals surface area contributed by atoms with Gasteiger partial charge in [-0.05, 0) is 99.8 Å². The molecule has 2 N–H and O–H groups in total. The molecule has 0 aliphatic carbocycles. The summed E-state index contributed by atoms with van der Waals surface area (Å²) in [4.78, 5) is 18.9. The maximum absolute atomic E-state index is 14.8. The zero-order chi connectivity index (χ0) is 27.5. The molecule has 4 aromatic heterocycles. The van der Waals surface area contributed by atoms with Crippen LogP contribution in [0.15, 0.2) is 61.8 Å². The fourth-order valence-corrected chi connectivity index (χ4v) is 5.51. The largest absolute Gasteiger partial charge is 0.353 e. The smallest absolute Gasteiger partial charge is 0.124 e. The van der Waals surface area contributed by atoms with E-state index in [1.165, 1.54) is 32.3 Å². The number of hydrogen-bond acceptors (Lipinski definition) is 5. The molecule has 1 fully saturated rings. The minimum Gasteiger partial charge on any atom is -0.353 e. The molecule has 1 saturated heterocycles. The van der Waals surface area contributed by atoms with Gasteiger partial charge < -0.3 is 9.88 Å². The molecule has 0 amide bonds. The van der Waals surface area contributed by atoms with Gasteiger partial charge in [0.2, 0.25) is 0 Å². The Morgan fingerprint density at radius 1 is 1.10 bits per heavy atom. The average molecular weight is 534 g/mol. The summed E-state index contributed by atoms with van der Waals surface area (Å²) < 4.78 is 14.8. The second-order valence-corrected chi connectivity index (χ2v) is 10.3. The monoisotopic (exact) mass is 533 g/mol. The first-order chi connectivity index (χ1) is 19.6. The summed E-state index contributed by atoms with van der Waals surface area (Å²) in [5.41, 5.74) is 6.64. The summed E-state index contributed by atoms with van der Waals surface area (Å²) >= 11 is 0. The molecule has 5 heterocycles. The van der Waals surface area contributed by atoms with E-state index in [-0.39, 0.29) is 5.82 Å². The highest BCUT2D eigenvalue weighted by molar-refractivity contribution is 5.96. The van der Waals surface area contributed by atoms with Crippen molar-refractivity contribution in [1.29, 1.82) is 0 Å². The molecule has 1 aliphatic rings. The number of aromatic nitrogens is 6. The van der Waals surface area contributed by atoms with E-state index in [0.717, 1.165) is 80.2 Å². The van der Waals surface area contributed by atoms with Gasteiger partial charge in [-0.15, -0.1) is 0 Å². The van der Waals surface area contributed by atoms with Crippen molar-refractivity contribution in [1.82, 2.24) is 35.0 Å². The lowest BCUT2D eigenvalue weighted by Crippen LogP contribution is -2.23. The van der Waals surface area contributed by atoms with E-state index in [2.05, 4.69) is 47.7 Å². The highest BCUT2D eigenvalue weighted by atomic mass is 19.1. The fraction of sp³-hybridized carbons (Fsp3) is 0.250. The van der Waals surface area contributed by atoms with E-state index in [0.29, 0.717) is 0 Å². The third-order valence-corrected chi connectivity index (χ3v) is 7.54. The maximum atomic E-state index is 14.8. The lowest BCUT2D eigenvalue weighted by molar-refractivity contribution is 0.334. The molecule has 0 spiro atoms. The molecule has 6 rings (SSSR count). The number of rotatable bonds is 8. The zero-order valence-corrected chi connectivity index (χ0v) is 22.6. The van der Waals surface area contributed by atoms with Crippen LogP contribution in [0.4, 0.5) is 4.39 Å². The van der Waals surface area contributed by atoms with Crippen LogP contribution in [0.5, 0.6) is 0 Å². The fourth-order valence-electron chi connectivity index (χ4n) is 5.51. The molecular formula is C32H32FN7.